The van der Waals surface area contributed by atoms with Crippen LogP contribution in [0.25, 0.3) is 0 Å². The second-order valence-electron chi connectivity index (χ2n) is 6.20. The van der Waals surface area contributed by atoms with E-state index in [0.29, 0.717) is 6.54 Å². The largest absolute Gasteiger partial charge is 0.497 e. The van der Waals surface area contributed by atoms with Crippen LogP contribution in [0.3, 0.4) is 0 Å². The number of hydrogen-bond donors (Lipinski definition) is 2. The highest BCUT2D eigenvalue weighted by atomic mass is 16.5. The zero-order valence-corrected chi connectivity index (χ0v) is 16.0. The number of carbonyl (C=O) groups is 1. The van der Waals surface area contributed by atoms with Crippen LogP contribution in [0.2, 0.25) is 0 Å². The van der Waals surface area contributed by atoms with Crippen LogP contribution in [0, 0.1) is 6.92 Å². The number of aryl methyl sites for hydroxylation is 1. The smallest absolute Gasteiger partial charge is 0.315 e. The van der Waals surface area contributed by atoms with Gasteiger partial charge in [0.2, 0.25) is 0 Å². The summed E-state index contributed by atoms with van der Waals surface area (Å²) >= 11 is 0. The first-order valence-corrected chi connectivity index (χ1v) is 8.89. The van der Waals surface area contributed by atoms with Crippen molar-refractivity contribution in [2.75, 3.05) is 20.8 Å². The van der Waals surface area contributed by atoms with Gasteiger partial charge in [0, 0.05) is 6.54 Å². The van der Waals surface area contributed by atoms with Crippen LogP contribution in [-0.2, 0) is 6.42 Å². The van der Waals surface area contributed by atoms with E-state index in [2.05, 4.69) is 16.7 Å². The van der Waals surface area contributed by atoms with Crippen molar-refractivity contribution in [3.63, 3.8) is 0 Å². The summed E-state index contributed by atoms with van der Waals surface area (Å²) in [7, 11) is 3.30. The summed E-state index contributed by atoms with van der Waals surface area (Å²) in [6, 6.07) is 13.6. The number of nitrogens with one attached hydrogen (secondary N) is 2. The topological polar surface area (TPSA) is 59.6 Å². The van der Waals surface area contributed by atoms with Gasteiger partial charge >= 0.3 is 6.03 Å². The maximum atomic E-state index is 12.2. The standard InChI is InChI=1S/C21H28N2O3/c1-5-19(16-7-9-18(25-3)10-8-16)23-21(24)22-13-12-17-14-15(2)6-11-20(17)26-4/h6-11,14,19H,5,12-13H2,1-4H3,(H2,22,23,24). The van der Waals surface area contributed by atoms with Gasteiger partial charge in [-0.1, -0.05) is 36.8 Å². The number of carbonyl (C=O) groups excluding carboxylic acids is 1. The van der Waals surface area contributed by atoms with Gasteiger partial charge in [-0.05, 0) is 49.1 Å². The van der Waals surface area contributed by atoms with E-state index in [4.69, 9.17) is 9.47 Å². The summed E-state index contributed by atoms with van der Waals surface area (Å²) in [5.74, 6) is 1.66. The summed E-state index contributed by atoms with van der Waals surface area (Å²) < 4.78 is 10.6. The van der Waals surface area contributed by atoms with Gasteiger partial charge in [-0.15, -0.1) is 0 Å². The number of amides is 2. The maximum Gasteiger partial charge on any atom is 0.315 e. The van der Waals surface area contributed by atoms with Crippen molar-refractivity contribution in [1.29, 1.82) is 0 Å². The number of ether oxygens (including phenoxy) is 2. The minimum absolute atomic E-state index is 0.0330. The molecule has 0 heterocycles. The average Bonchev–Trinajstić information content (AvgIpc) is 2.66. The molecule has 2 N–H and O–H groups in total. The normalized spacial score (nSPS) is 11.5. The Kier molecular flexibility index (Phi) is 7.33. The average molecular weight is 356 g/mol. The quantitative estimate of drug-likeness (QED) is 0.751. The Labute approximate surface area is 155 Å². The fraction of sp³-hybridized carbons (Fsp3) is 0.381. The first-order chi connectivity index (χ1) is 12.6. The molecule has 0 aromatic heterocycles. The molecule has 0 aliphatic rings. The van der Waals surface area contributed by atoms with Crippen LogP contribution in [0.15, 0.2) is 42.5 Å². The molecule has 0 bridgehead atoms. The molecule has 0 aliphatic carbocycles. The highest BCUT2D eigenvalue weighted by Crippen LogP contribution is 2.21. The van der Waals surface area contributed by atoms with Crippen molar-refractivity contribution in [2.45, 2.75) is 32.7 Å². The Morgan fingerprint density at radius 1 is 1.08 bits per heavy atom. The summed E-state index contributed by atoms with van der Waals surface area (Å²) in [6.45, 7) is 4.64. The predicted molar refractivity (Wildman–Crippen MR) is 104 cm³/mol. The molecular weight excluding hydrogens is 328 g/mol. The molecular formula is C21H28N2O3. The van der Waals surface area contributed by atoms with E-state index in [9.17, 15) is 4.79 Å². The molecule has 140 valence electrons. The lowest BCUT2D eigenvalue weighted by Gasteiger charge is -2.18. The summed E-state index contributed by atoms with van der Waals surface area (Å²) in [4.78, 5) is 12.2. The molecule has 26 heavy (non-hydrogen) atoms. The number of rotatable bonds is 8. The fourth-order valence-corrected chi connectivity index (χ4v) is 2.88. The van der Waals surface area contributed by atoms with E-state index in [1.165, 1.54) is 5.56 Å². The van der Waals surface area contributed by atoms with Crippen LogP contribution in [0.1, 0.15) is 36.1 Å². The number of hydrogen-bond acceptors (Lipinski definition) is 3. The first-order valence-electron chi connectivity index (χ1n) is 8.89. The SMILES string of the molecule is CCC(NC(=O)NCCc1cc(C)ccc1OC)c1ccc(OC)cc1. The molecule has 2 amide bonds. The molecule has 2 aromatic carbocycles. The van der Waals surface area contributed by atoms with Crippen molar-refractivity contribution >= 4 is 6.03 Å². The van der Waals surface area contributed by atoms with Gasteiger partial charge < -0.3 is 20.1 Å². The summed E-state index contributed by atoms with van der Waals surface area (Å²) in [5.41, 5.74) is 3.33. The summed E-state index contributed by atoms with van der Waals surface area (Å²) in [5, 5.41) is 5.95. The molecule has 1 atom stereocenters. The predicted octanol–water partition coefficient (Wildman–Crippen LogP) is 4.01. The number of urea groups is 1. The van der Waals surface area contributed by atoms with Gasteiger partial charge in [0.15, 0.2) is 0 Å². The van der Waals surface area contributed by atoms with E-state index in [0.717, 1.165) is 35.5 Å². The molecule has 0 saturated carbocycles. The Balaban J connectivity index is 1.88. The minimum atomic E-state index is -0.167. The second-order valence-corrected chi connectivity index (χ2v) is 6.20. The zero-order chi connectivity index (χ0) is 18.9. The molecule has 0 aliphatic heterocycles. The molecule has 0 radical (unpaired) electrons. The van der Waals surface area contributed by atoms with Crippen LogP contribution >= 0.6 is 0 Å². The monoisotopic (exact) mass is 356 g/mol. The minimum Gasteiger partial charge on any atom is -0.497 e. The third kappa shape index (κ3) is 5.41. The van der Waals surface area contributed by atoms with Crippen LogP contribution < -0.4 is 20.1 Å². The van der Waals surface area contributed by atoms with Gasteiger partial charge in [0.25, 0.3) is 0 Å². The molecule has 0 saturated heterocycles. The lowest BCUT2D eigenvalue weighted by molar-refractivity contribution is 0.237. The highest BCUT2D eigenvalue weighted by molar-refractivity contribution is 5.74. The van der Waals surface area contributed by atoms with Crippen LogP contribution in [0.4, 0.5) is 4.79 Å². The van der Waals surface area contributed by atoms with E-state index in [1.807, 2.05) is 50.2 Å². The van der Waals surface area contributed by atoms with Gasteiger partial charge in [-0.3, -0.25) is 0 Å². The van der Waals surface area contributed by atoms with Crippen LogP contribution in [0.5, 0.6) is 11.5 Å². The Morgan fingerprint density at radius 2 is 1.81 bits per heavy atom. The highest BCUT2D eigenvalue weighted by Gasteiger charge is 2.13. The number of methoxy groups -OCH3 is 2. The molecule has 0 fully saturated rings. The molecule has 0 spiro atoms. The molecule has 5 heteroatoms. The Hall–Kier alpha value is -2.69. The first kappa shape index (κ1) is 19.6. The van der Waals surface area contributed by atoms with E-state index >= 15 is 0 Å². The number of benzene rings is 2. The van der Waals surface area contributed by atoms with Crippen molar-refractivity contribution in [1.82, 2.24) is 10.6 Å². The van der Waals surface area contributed by atoms with Crippen molar-refractivity contribution < 1.29 is 14.3 Å². The lowest BCUT2D eigenvalue weighted by Crippen LogP contribution is -2.38. The third-order valence-corrected chi connectivity index (χ3v) is 4.35. The van der Waals surface area contributed by atoms with E-state index in [1.54, 1.807) is 14.2 Å². The third-order valence-electron chi connectivity index (χ3n) is 4.35. The molecule has 5 nitrogen and oxygen atoms in total. The van der Waals surface area contributed by atoms with E-state index < -0.39 is 0 Å². The van der Waals surface area contributed by atoms with Crippen molar-refractivity contribution in [3.8, 4) is 11.5 Å². The lowest BCUT2D eigenvalue weighted by atomic mass is 10.0. The molecule has 1 unspecified atom stereocenters. The molecule has 2 aromatic rings. The Bertz CT molecular complexity index is 714. The van der Waals surface area contributed by atoms with Gasteiger partial charge in [0.1, 0.15) is 11.5 Å². The van der Waals surface area contributed by atoms with Crippen molar-refractivity contribution in [2.24, 2.45) is 0 Å². The fourth-order valence-electron chi connectivity index (χ4n) is 2.88. The van der Waals surface area contributed by atoms with Gasteiger partial charge in [-0.2, -0.15) is 0 Å². The molecule has 2 rings (SSSR count). The van der Waals surface area contributed by atoms with E-state index in [-0.39, 0.29) is 12.1 Å². The van der Waals surface area contributed by atoms with Crippen molar-refractivity contribution in [3.05, 3.63) is 59.2 Å². The van der Waals surface area contributed by atoms with Crippen LogP contribution in [-0.4, -0.2) is 26.8 Å². The summed E-state index contributed by atoms with van der Waals surface area (Å²) in [6.07, 6.45) is 1.53. The Morgan fingerprint density at radius 3 is 2.42 bits per heavy atom. The zero-order valence-electron chi connectivity index (χ0n) is 16.0. The maximum absolute atomic E-state index is 12.2. The van der Waals surface area contributed by atoms with Gasteiger partial charge in [0.05, 0.1) is 20.3 Å². The van der Waals surface area contributed by atoms with Gasteiger partial charge in [-0.25, -0.2) is 4.79 Å². The second kappa shape index (κ2) is 9.70.